The largest absolute Gasteiger partial charge is 0.481 e. The van der Waals surface area contributed by atoms with Crippen LogP contribution in [0, 0.1) is 23.7 Å². The number of nitrogens with zero attached hydrogens (tertiary/aromatic N) is 4. The third-order valence-electron chi connectivity index (χ3n) is 10.4. The van der Waals surface area contributed by atoms with Crippen LogP contribution in [0.15, 0.2) is 9.05 Å². The lowest BCUT2D eigenvalue weighted by Gasteiger charge is -2.23. The number of carboxylic acid groups (broad SMARTS) is 1. The van der Waals surface area contributed by atoms with Gasteiger partial charge in [0.05, 0.1) is 25.9 Å². The van der Waals surface area contributed by atoms with Gasteiger partial charge in [-0.15, -0.1) is 0 Å². The Hall–Kier alpha value is -2.86. The number of hydrogen-bond donors (Lipinski definition) is 3. The van der Waals surface area contributed by atoms with Crippen LogP contribution in [0.2, 0.25) is 0 Å². The van der Waals surface area contributed by atoms with Gasteiger partial charge >= 0.3 is 11.9 Å². The SMILES string of the molecule is CC(C)CNCc1noc([C@H](CCCC2CCCCC2)CC(=O)O)n1.CC(C)CNCc1noc([C@H](CCCC2CCCCC2)CC(=O)OC(C)(C)C)n1. The molecule has 0 bridgehead atoms. The Kier molecular flexibility index (Phi) is 20.7. The van der Waals surface area contributed by atoms with Gasteiger partial charge in [0.25, 0.3) is 0 Å². The molecule has 0 aliphatic heterocycles. The first-order valence-corrected chi connectivity index (χ1v) is 21.3. The molecule has 0 radical (unpaired) electrons. The van der Waals surface area contributed by atoms with Crippen LogP contribution in [-0.4, -0.2) is 56.0 Å². The number of ether oxygens (including phenoxy) is 1. The number of nitrogens with one attached hydrogen (secondary N) is 2. The van der Waals surface area contributed by atoms with Crippen LogP contribution in [0.25, 0.3) is 0 Å². The quantitative estimate of drug-likeness (QED) is 0.0975. The van der Waals surface area contributed by atoms with Crippen LogP contribution >= 0.6 is 0 Å². The zero-order valence-corrected chi connectivity index (χ0v) is 34.8. The van der Waals surface area contributed by atoms with Crippen molar-refractivity contribution < 1.29 is 28.5 Å². The molecular formula is C42H74N6O6. The lowest BCUT2D eigenvalue weighted by atomic mass is 9.84. The highest BCUT2D eigenvalue weighted by Gasteiger charge is 2.27. The van der Waals surface area contributed by atoms with E-state index in [1.807, 2.05) is 20.8 Å². The second-order valence-electron chi connectivity index (χ2n) is 17.8. The monoisotopic (exact) mass is 759 g/mol. The average molecular weight is 759 g/mol. The van der Waals surface area contributed by atoms with Gasteiger partial charge < -0.3 is 29.5 Å². The minimum Gasteiger partial charge on any atom is -0.481 e. The van der Waals surface area contributed by atoms with Gasteiger partial charge in [-0.1, -0.05) is 128 Å². The first-order chi connectivity index (χ1) is 25.8. The molecule has 2 aromatic rings. The van der Waals surface area contributed by atoms with Crippen molar-refractivity contribution in [1.82, 2.24) is 30.9 Å². The highest BCUT2D eigenvalue weighted by atomic mass is 16.6. The van der Waals surface area contributed by atoms with Crippen molar-refractivity contribution in [3.8, 4) is 0 Å². The maximum absolute atomic E-state index is 12.4. The molecule has 0 spiro atoms. The Labute approximate surface area is 325 Å². The molecule has 54 heavy (non-hydrogen) atoms. The molecule has 2 heterocycles. The number of carboxylic acids is 1. The fraction of sp³-hybridized carbons (Fsp3) is 0.857. The fourth-order valence-electron chi connectivity index (χ4n) is 7.63. The zero-order valence-electron chi connectivity index (χ0n) is 34.8. The first kappa shape index (κ1) is 45.5. The topological polar surface area (TPSA) is 166 Å². The summed E-state index contributed by atoms with van der Waals surface area (Å²) in [5.41, 5.74) is -0.482. The highest BCUT2D eigenvalue weighted by Crippen LogP contribution is 2.33. The Bertz CT molecular complexity index is 1310. The van der Waals surface area contributed by atoms with Crippen molar-refractivity contribution in [3.05, 3.63) is 23.4 Å². The highest BCUT2D eigenvalue weighted by molar-refractivity contribution is 5.70. The molecule has 0 saturated heterocycles. The third-order valence-corrected chi connectivity index (χ3v) is 10.4. The number of carbonyl (C=O) groups is 2. The Morgan fingerprint density at radius 2 is 1.15 bits per heavy atom. The maximum Gasteiger partial charge on any atom is 0.307 e. The average Bonchev–Trinajstić information content (AvgIpc) is 3.78. The molecule has 2 saturated carbocycles. The minimum absolute atomic E-state index is 0.0612. The van der Waals surface area contributed by atoms with E-state index < -0.39 is 11.6 Å². The van der Waals surface area contributed by atoms with Crippen LogP contribution < -0.4 is 10.6 Å². The standard InChI is InChI=1S/C23H41N3O3.C19H33N3O3/c1-17(2)15-24-16-20-25-22(29-26-20)19(14-21(27)28-23(3,4)5)13-9-12-18-10-7-6-8-11-18;1-14(2)12-20-13-17-21-19(25-22-17)16(11-18(23)24)10-6-9-15-7-4-3-5-8-15/h17-19,24H,6-16H2,1-5H3;14-16,20H,3-13H2,1-2H3,(H,23,24)/t19-;16-/m11/s1. The van der Waals surface area contributed by atoms with Gasteiger partial charge in [0, 0.05) is 11.8 Å². The van der Waals surface area contributed by atoms with Crippen LogP contribution in [0.4, 0.5) is 0 Å². The normalized spacial score (nSPS) is 17.0. The molecule has 0 unspecified atom stereocenters. The molecule has 0 aromatic carbocycles. The molecule has 0 amide bonds. The summed E-state index contributed by atoms with van der Waals surface area (Å²) < 4.78 is 16.5. The van der Waals surface area contributed by atoms with Crippen LogP contribution in [-0.2, 0) is 27.4 Å². The summed E-state index contributed by atoms with van der Waals surface area (Å²) >= 11 is 0. The molecule has 2 fully saturated rings. The number of aliphatic carboxylic acids is 1. The van der Waals surface area contributed by atoms with E-state index in [0.29, 0.717) is 54.8 Å². The van der Waals surface area contributed by atoms with Crippen LogP contribution in [0.1, 0.15) is 199 Å². The van der Waals surface area contributed by atoms with E-state index in [4.69, 9.17) is 13.8 Å². The number of hydrogen-bond acceptors (Lipinski definition) is 11. The van der Waals surface area contributed by atoms with Gasteiger partial charge in [0.15, 0.2) is 11.6 Å². The second-order valence-corrected chi connectivity index (χ2v) is 17.8. The molecular weight excluding hydrogens is 684 g/mol. The van der Waals surface area contributed by atoms with E-state index in [1.54, 1.807) is 0 Å². The predicted molar refractivity (Wildman–Crippen MR) is 211 cm³/mol. The Balaban J connectivity index is 0.000000294. The summed E-state index contributed by atoms with van der Waals surface area (Å²) in [6, 6.07) is 0. The van der Waals surface area contributed by atoms with Crippen molar-refractivity contribution in [1.29, 1.82) is 0 Å². The molecule has 12 nitrogen and oxygen atoms in total. The molecule has 2 aromatic heterocycles. The maximum atomic E-state index is 12.4. The van der Waals surface area contributed by atoms with E-state index in [-0.39, 0.29) is 24.2 Å². The number of carbonyl (C=O) groups excluding carboxylic acids is 1. The lowest BCUT2D eigenvalue weighted by molar-refractivity contribution is -0.155. The molecule has 3 N–H and O–H groups in total. The van der Waals surface area contributed by atoms with Crippen molar-refractivity contribution in [3.63, 3.8) is 0 Å². The Morgan fingerprint density at radius 1 is 0.722 bits per heavy atom. The predicted octanol–water partition coefficient (Wildman–Crippen LogP) is 9.51. The van der Waals surface area contributed by atoms with Crippen molar-refractivity contribution in [2.45, 2.75) is 195 Å². The van der Waals surface area contributed by atoms with Gasteiger partial charge in [0.2, 0.25) is 11.8 Å². The van der Waals surface area contributed by atoms with Gasteiger partial charge in [-0.25, -0.2) is 0 Å². The van der Waals surface area contributed by atoms with Gasteiger partial charge in [-0.2, -0.15) is 9.97 Å². The van der Waals surface area contributed by atoms with E-state index in [1.165, 1.54) is 77.0 Å². The zero-order chi connectivity index (χ0) is 39.3. The fourth-order valence-corrected chi connectivity index (χ4v) is 7.63. The van der Waals surface area contributed by atoms with Gasteiger partial charge in [-0.05, 0) is 70.4 Å². The number of esters is 1. The molecule has 12 heteroatoms. The van der Waals surface area contributed by atoms with Crippen molar-refractivity contribution in [2.75, 3.05) is 13.1 Å². The van der Waals surface area contributed by atoms with Crippen molar-refractivity contribution in [2.24, 2.45) is 23.7 Å². The number of rotatable bonds is 22. The van der Waals surface area contributed by atoms with Gasteiger partial charge in [-0.3, -0.25) is 9.59 Å². The Morgan fingerprint density at radius 3 is 1.54 bits per heavy atom. The van der Waals surface area contributed by atoms with Crippen molar-refractivity contribution >= 4 is 11.9 Å². The second kappa shape index (κ2) is 24.6. The van der Waals surface area contributed by atoms with E-state index in [9.17, 15) is 14.7 Å². The van der Waals surface area contributed by atoms with E-state index in [2.05, 4.69) is 58.6 Å². The van der Waals surface area contributed by atoms with Gasteiger partial charge in [0.1, 0.15) is 5.60 Å². The summed E-state index contributed by atoms with van der Waals surface area (Å²) in [4.78, 5) is 32.6. The molecule has 2 aliphatic carbocycles. The molecule has 4 rings (SSSR count). The van der Waals surface area contributed by atoms with E-state index >= 15 is 0 Å². The number of aromatic nitrogens is 4. The molecule has 2 atom stereocenters. The van der Waals surface area contributed by atoms with Crippen LogP contribution in [0.3, 0.4) is 0 Å². The summed E-state index contributed by atoms with van der Waals surface area (Å²) in [6.07, 6.45) is 20.1. The first-order valence-electron chi connectivity index (χ1n) is 21.3. The summed E-state index contributed by atoms with van der Waals surface area (Å²) in [5.74, 6) is 3.85. The molecule has 2 aliphatic rings. The summed E-state index contributed by atoms with van der Waals surface area (Å²) in [7, 11) is 0. The smallest absolute Gasteiger partial charge is 0.307 e. The van der Waals surface area contributed by atoms with E-state index in [0.717, 1.165) is 50.6 Å². The lowest BCUT2D eigenvalue weighted by Crippen LogP contribution is -2.25. The van der Waals surface area contributed by atoms with Crippen LogP contribution in [0.5, 0.6) is 0 Å². The molecule has 308 valence electrons. The summed E-state index contributed by atoms with van der Waals surface area (Å²) in [5, 5.41) is 23.9. The third kappa shape index (κ3) is 19.6. The minimum atomic E-state index is -0.805. The summed E-state index contributed by atoms with van der Waals surface area (Å²) in [6.45, 7) is 17.3.